The number of allylic oxidation sites excluding steroid dienone is 2. The molecule has 0 amide bonds. The van der Waals surface area contributed by atoms with E-state index >= 15 is 0 Å². The molecule has 2 aromatic carbocycles. The second-order valence-corrected chi connectivity index (χ2v) is 11.2. The van der Waals surface area contributed by atoms with Crippen molar-refractivity contribution in [3.63, 3.8) is 0 Å². The summed E-state index contributed by atoms with van der Waals surface area (Å²) in [5.74, 6) is 0.652. The molecule has 0 aliphatic rings. The minimum atomic E-state index is -3.56. The van der Waals surface area contributed by atoms with Crippen molar-refractivity contribution in [1.82, 2.24) is 4.72 Å². The maximum absolute atomic E-state index is 13.3. The zero-order valence-corrected chi connectivity index (χ0v) is 21.5. The van der Waals surface area contributed by atoms with Crippen LogP contribution in [0.15, 0.2) is 59.5 Å². The summed E-state index contributed by atoms with van der Waals surface area (Å²) in [5, 5.41) is 0. The van der Waals surface area contributed by atoms with Gasteiger partial charge in [0.15, 0.2) is 0 Å². The van der Waals surface area contributed by atoms with Crippen molar-refractivity contribution in [1.29, 1.82) is 0 Å². The molecule has 0 bridgehead atoms. The zero-order valence-electron chi connectivity index (χ0n) is 20.7. The first-order chi connectivity index (χ1) is 15.1. The number of hydrogen-bond acceptors (Lipinski definition) is 2. The Hall–Kier alpha value is -1.91. The fourth-order valence-electron chi connectivity index (χ4n) is 3.83. The van der Waals surface area contributed by atoms with Crippen molar-refractivity contribution in [3.05, 3.63) is 76.9 Å². The highest BCUT2D eigenvalue weighted by Crippen LogP contribution is 2.35. The molecule has 3 nitrogen and oxygen atoms in total. The minimum Gasteiger partial charge on any atom is -0.211 e. The van der Waals surface area contributed by atoms with Gasteiger partial charge >= 0.3 is 0 Å². The van der Waals surface area contributed by atoms with E-state index in [1.54, 1.807) is 0 Å². The number of rotatable bonds is 12. The fourth-order valence-corrected chi connectivity index (χ4v) is 5.60. The lowest BCUT2D eigenvalue weighted by Crippen LogP contribution is -2.27. The largest absolute Gasteiger partial charge is 0.241 e. The van der Waals surface area contributed by atoms with E-state index in [-0.39, 0.29) is 11.8 Å². The van der Waals surface area contributed by atoms with E-state index in [1.807, 2.05) is 6.07 Å². The summed E-state index contributed by atoms with van der Waals surface area (Å²) in [6.45, 7) is 13.1. The summed E-state index contributed by atoms with van der Waals surface area (Å²) in [7, 11) is -3.56. The molecule has 176 valence electrons. The van der Waals surface area contributed by atoms with Crippen LogP contribution >= 0.6 is 0 Å². The van der Waals surface area contributed by atoms with Crippen LogP contribution in [0.3, 0.4) is 0 Å². The molecular weight excluding hydrogens is 414 g/mol. The van der Waals surface area contributed by atoms with Crippen LogP contribution < -0.4 is 4.72 Å². The predicted octanol–water partition coefficient (Wildman–Crippen LogP) is 7.30. The molecular formula is C28H41NO2S. The molecule has 2 aromatic rings. The van der Waals surface area contributed by atoms with Gasteiger partial charge in [-0.1, -0.05) is 96.2 Å². The minimum absolute atomic E-state index is 0.144. The Morgan fingerprint density at radius 3 is 1.91 bits per heavy atom. The summed E-state index contributed by atoms with van der Waals surface area (Å²) in [4.78, 5) is 0.491. The number of unbranched alkanes of at least 4 members (excludes halogenated alkanes) is 1. The Balaban J connectivity index is 2.01. The summed E-state index contributed by atoms with van der Waals surface area (Å²) in [6, 6.07) is 14.6. The van der Waals surface area contributed by atoms with Crippen LogP contribution in [0.4, 0.5) is 0 Å². The number of aryl methyl sites for hydroxylation is 1. The van der Waals surface area contributed by atoms with Gasteiger partial charge in [-0.25, -0.2) is 13.1 Å². The molecule has 4 heteroatoms. The number of nitrogens with one attached hydrogen (secondary N) is 1. The lowest BCUT2D eigenvalue weighted by atomic mass is 9.89. The van der Waals surface area contributed by atoms with Crippen LogP contribution in [0.5, 0.6) is 0 Å². The van der Waals surface area contributed by atoms with Gasteiger partial charge in [-0.2, -0.15) is 0 Å². The molecule has 0 radical (unpaired) electrons. The Bertz CT molecular complexity index is 945. The van der Waals surface area contributed by atoms with E-state index in [4.69, 9.17) is 0 Å². The highest BCUT2D eigenvalue weighted by atomic mass is 32.2. The van der Waals surface area contributed by atoms with E-state index in [0.717, 1.165) is 36.8 Å². The second kappa shape index (κ2) is 12.4. The molecule has 0 spiro atoms. The Labute approximate surface area is 196 Å². The van der Waals surface area contributed by atoms with Crippen molar-refractivity contribution in [2.24, 2.45) is 0 Å². The first-order valence-corrected chi connectivity index (χ1v) is 13.5. The Kier molecular flexibility index (Phi) is 10.2. The van der Waals surface area contributed by atoms with E-state index in [9.17, 15) is 8.42 Å². The second-order valence-electron chi connectivity index (χ2n) is 9.53. The molecule has 2 rings (SSSR count). The summed E-state index contributed by atoms with van der Waals surface area (Å²) >= 11 is 0. The molecule has 32 heavy (non-hydrogen) atoms. The van der Waals surface area contributed by atoms with Gasteiger partial charge in [-0.3, -0.25) is 0 Å². The SMILES string of the molecule is CC(C)c1cc(C(C)C)c(S(=O)(=O)NCCC/C=C/CCc2ccccc2)c(C(C)C)c1. The molecule has 0 unspecified atom stereocenters. The molecule has 0 saturated carbocycles. The van der Waals surface area contributed by atoms with Crippen LogP contribution in [-0.2, 0) is 16.4 Å². The van der Waals surface area contributed by atoms with E-state index < -0.39 is 10.0 Å². The third kappa shape index (κ3) is 7.60. The van der Waals surface area contributed by atoms with Gasteiger partial charge in [0.05, 0.1) is 4.90 Å². The fraction of sp³-hybridized carbons (Fsp3) is 0.500. The van der Waals surface area contributed by atoms with Crippen molar-refractivity contribution in [2.75, 3.05) is 6.54 Å². The lowest BCUT2D eigenvalue weighted by Gasteiger charge is -2.23. The monoisotopic (exact) mass is 455 g/mol. The molecule has 0 aliphatic carbocycles. The average Bonchev–Trinajstić information content (AvgIpc) is 2.75. The normalized spacial score (nSPS) is 12.5. The lowest BCUT2D eigenvalue weighted by molar-refractivity contribution is 0.574. The molecule has 0 fully saturated rings. The maximum atomic E-state index is 13.3. The molecule has 0 atom stereocenters. The third-order valence-corrected chi connectivity index (χ3v) is 7.39. The molecule has 0 heterocycles. The van der Waals surface area contributed by atoms with Gasteiger partial charge in [0.25, 0.3) is 0 Å². The third-order valence-electron chi connectivity index (χ3n) is 5.80. The number of hydrogen-bond donors (Lipinski definition) is 1. The van der Waals surface area contributed by atoms with Gasteiger partial charge < -0.3 is 0 Å². The number of benzene rings is 2. The molecule has 0 saturated heterocycles. The smallest absolute Gasteiger partial charge is 0.211 e. The first kappa shape index (κ1) is 26.3. The van der Waals surface area contributed by atoms with Crippen LogP contribution in [0, 0.1) is 0 Å². The van der Waals surface area contributed by atoms with Crippen LogP contribution in [0.2, 0.25) is 0 Å². The average molecular weight is 456 g/mol. The van der Waals surface area contributed by atoms with E-state index in [0.29, 0.717) is 17.4 Å². The molecule has 1 N–H and O–H groups in total. The highest BCUT2D eigenvalue weighted by Gasteiger charge is 2.26. The summed E-state index contributed by atoms with van der Waals surface area (Å²) in [5.41, 5.74) is 4.40. The highest BCUT2D eigenvalue weighted by molar-refractivity contribution is 7.89. The topological polar surface area (TPSA) is 46.2 Å². The first-order valence-electron chi connectivity index (χ1n) is 12.0. The maximum Gasteiger partial charge on any atom is 0.241 e. The van der Waals surface area contributed by atoms with Gasteiger partial charge in [-0.05, 0) is 65.7 Å². The molecule has 0 aromatic heterocycles. The van der Waals surface area contributed by atoms with Crippen LogP contribution in [0.1, 0.15) is 101 Å². The standard InChI is InChI=1S/C28H41NO2S/c1-21(2)25-19-26(22(3)4)28(27(20-25)23(5)6)32(30,31)29-18-14-9-7-8-11-15-24-16-12-10-13-17-24/h7-8,10,12-13,16-17,19-23,29H,9,11,14-15,18H2,1-6H3/b8-7+. The van der Waals surface area contributed by atoms with Crippen LogP contribution in [0.25, 0.3) is 0 Å². The van der Waals surface area contributed by atoms with Gasteiger partial charge in [0.2, 0.25) is 10.0 Å². The van der Waals surface area contributed by atoms with Gasteiger partial charge in [0, 0.05) is 6.54 Å². The van der Waals surface area contributed by atoms with E-state index in [2.05, 4.69) is 94.8 Å². The quantitative estimate of drug-likeness (QED) is 0.269. The van der Waals surface area contributed by atoms with Gasteiger partial charge in [-0.15, -0.1) is 0 Å². The molecule has 0 aliphatic heterocycles. The van der Waals surface area contributed by atoms with Crippen LogP contribution in [-0.4, -0.2) is 15.0 Å². The van der Waals surface area contributed by atoms with Crippen molar-refractivity contribution < 1.29 is 8.42 Å². The summed E-state index contributed by atoms with van der Waals surface area (Å²) < 4.78 is 29.5. The summed E-state index contributed by atoms with van der Waals surface area (Å²) in [6.07, 6.45) is 8.06. The van der Waals surface area contributed by atoms with Gasteiger partial charge in [0.1, 0.15) is 0 Å². The predicted molar refractivity (Wildman–Crippen MR) is 137 cm³/mol. The van der Waals surface area contributed by atoms with E-state index in [1.165, 1.54) is 11.1 Å². The van der Waals surface area contributed by atoms with Crippen molar-refractivity contribution >= 4 is 10.0 Å². The van der Waals surface area contributed by atoms with Crippen molar-refractivity contribution in [2.45, 2.75) is 89.9 Å². The van der Waals surface area contributed by atoms with Crippen molar-refractivity contribution in [3.8, 4) is 0 Å². The number of sulfonamides is 1. The Morgan fingerprint density at radius 1 is 0.812 bits per heavy atom. The zero-order chi connectivity index (χ0) is 23.7. The Morgan fingerprint density at radius 2 is 1.38 bits per heavy atom.